The highest BCUT2D eigenvalue weighted by Crippen LogP contribution is 2.20. The molecule has 0 radical (unpaired) electrons. The first-order valence-electron chi connectivity index (χ1n) is 4.28. The van der Waals surface area contributed by atoms with Crippen molar-refractivity contribution in [1.29, 1.82) is 0 Å². The number of alkyl halides is 3. The summed E-state index contributed by atoms with van der Waals surface area (Å²) in [7, 11) is 0. The zero-order chi connectivity index (χ0) is 13.3. The Morgan fingerprint density at radius 1 is 1.12 bits per heavy atom. The van der Waals surface area contributed by atoms with E-state index in [-0.39, 0.29) is 6.07 Å². The first-order valence-corrected chi connectivity index (χ1v) is 4.28. The normalized spacial score (nSPS) is 12.6. The van der Waals surface area contributed by atoms with E-state index in [9.17, 15) is 30.5 Å². The van der Waals surface area contributed by atoms with Crippen LogP contribution in [0.4, 0.5) is 30.5 Å². The minimum Gasteiger partial charge on any atom is -0.484 e. The fraction of sp³-hybridized carbons (Fsp3) is 0.250. The van der Waals surface area contributed by atoms with E-state index in [1.807, 2.05) is 0 Å². The maximum absolute atomic E-state index is 12.9. The van der Waals surface area contributed by atoms with Gasteiger partial charge in [-0.1, -0.05) is 11.5 Å². The molecule has 0 aliphatic carbocycles. The Morgan fingerprint density at radius 3 is 2.12 bits per heavy atom. The van der Waals surface area contributed by atoms with Crippen LogP contribution >= 0.6 is 0 Å². The summed E-state index contributed by atoms with van der Waals surface area (Å²) in [5.74, 6) is -2.26. The average Bonchev–Trinajstić information content (AvgIpc) is 2.11. The van der Waals surface area contributed by atoms with Crippen LogP contribution in [0.2, 0.25) is 0 Å². The largest absolute Gasteiger partial charge is 0.512 e. The quantitative estimate of drug-likeness (QED) is 0.600. The molecule has 9 heteroatoms. The third-order valence-electron chi connectivity index (χ3n) is 1.73. The van der Waals surface area contributed by atoms with Gasteiger partial charge in [0.05, 0.1) is 5.82 Å². The molecule has 0 unspecified atom stereocenters. The summed E-state index contributed by atoms with van der Waals surface area (Å²) in [6, 6.07) is 1.26. The van der Waals surface area contributed by atoms with Crippen LogP contribution in [0.3, 0.4) is 0 Å². The maximum Gasteiger partial charge on any atom is 0.512 e. The molecule has 1 aromatic carbocycles. The Hall–Kier alpha value is -1.41. The van der Waals surface area contributed by atoms with Gasteiger partial charge in [-0.3, -0.25) is 0 Å². The summed E-state index contributed by atoms with van der Waals surface area (Å²) in [5.41, 5.74) is -1.50. The Kier molecular flexibility index (Phi) is 3.58. The highest BCUT2D eigenvalue weighted by atomic mass is 19.4. The summed E-state index contributed by atoms with van der Waals surface area (Å²) in [6.07, 6.45) is -4.64. The monoisotopic (exact) mass is 261 g/mol. The predicted octanol–water partition coefficient (Wildman–Crippen LogP) is 2.82. The standard InChI is InChI=1S/C8H5BF7O/c10-7-3-5(17-4-8(11,12)13)1-2-6(7)9(14,15)16/h1-3H,4H2/q-1. The van der Waals surface area contributed by atoms with E-state index < -0.39 is 36.8 Å². The van der Waals surface area contributed by atoms with Gasteiger partial charge in [-0.2, -0.15) is 13.2 Å². The van der Waals surface area contributed by atoms with Crippen LogP contribution in [0.5, 0.6) is 5.75 Å². The van der Waals surface area contributed by atoms with Gasteiger partial charge in [0.1, 0.15) is 5.75 Å². The minimum absolute atomic E-state index is 0.274. The molecule has 1 rings (SSSR count). The average molecular weight is 261 g/mol. The van der Waals surface area contributed by atoms with Crippen LogP contribution < -0.4 is 10.2 Å². The van der Waals surface area contributed by atoms with Crippen LogP contribution in [-0.4, -0.2) is 19.8 Å². The smallest absolute Gasteiger partial charge is 0.484 e. The number of benzene rings is 1. The van der Waals surface area contributed by atoms with Crippen molar-refractivity contribution in [3.8, 4) is 5.75 Å². The number of rotatable bonds is 3. The molecule has 0 atom stereocenters. The maximum atomic E-state index is 12.9. The molecule has 1 nitrogen and oxygen atoms in total. The summed E-state index contributed by atoms with van der Waals surface area (Å²) in [5, 5.41) is 0. The fourth-order valence-corrected chi connectivity index (χ4v) is 1.03. The van der Waals surface area contributed by atoms with Gasteiger partial charge in [0.15, 0.2) is 6.61 Å². The molecule has 0 aliphatic heterocycles. The number of ether oxygens (including phenoxy) is 1. The van der Waals surface area contributed by atoms with Crippen LogP contribution in [0.1, 0.15) is 0 Å². The molecule has 96 valence electrons. The van der Waals surface area contributed by atoms with Gasteiger partial charge in [-0.25, -0.2) is 4.39 Å². The van der Waals surface area contributed by atoms with Crippen molar-refractivity contribution < 1.29 is 35.2 Å². The summed E-state index contributed by atoms with van der Waals surface area (Å²) in [4.78, 5) is 0. The molecule has 0 spiro atoms. The van der Waals surface area contributed by atoms with Gasteiger partial charge < -0.3 is 17.7 Å². The molecule has 1 aromatic rings. The van der Waals surface area contributed by atoms with Gasteiger partial charge in [0.2, 0.25) is 0 Å². The van der Waals surface area contributed by atoms with Crippen LogP contribution in [0.25, 0.3) is 0 Å². The van der Waals surface area contributed by atoms with Crippen LogP contribution in [0.15, 0.2) is 18.2 Å². The second-order valence-electron chi connectivity index (χ2n) is 3.16. The van der Waals surface area contributed by atoms with Crippen molar-refractivity contribution in [2.75, 3.05) is 6.61 Å². The van der Waals surface area contributed by atoms with Crippen molar-refractivity contribution >= 4 is 12.4 Å². The molecular weight excluding hydrogens is 256 g/mol. The highest BCUT2D eigenvalue weighted by Gasteiger charge is 2.30. The Labute approximate surface area is 91.2 Å². The third kappa shape index (κ3) is 4.16. The summed E-state index contributed by atoms with van der Waals surface area (Å²) >= 11 is 0. The molecule has 0 aromatic heterocycles. The SMILES string of the molecule is Fc1cc(OCC(F)(F)F)ccc1[B-](F)(F)F. The second kappa shape index (κ2) is 4.46. The highest BCUT2D eigenvalue weighted by molar-refractivity contribution is 6.73. The molecule has 0 heterocycles. The lowest BCUT2D eigenvalue weighted by Crippen LogP contribution is -2.36. The second-order valence-corrected chi connectivity index (χ2v) is 3.16. The summed E-state index contributed by atoms with van der Waals surface area (Å²) in [6.45, 7) is -7.23. The molecule has 0 saturated heterocycles. The van der Waals surface area contributed by atoms with E-state index in [0.717, 1.165) is 0 Å². The number of halogens is 7. The Bertz CT molecular complexity index is 398. The third-order valence-corrected chi connectivity index (χ3v) is 1.73. The molecule has 0 aliphatic rings. The topological polar surface area (TPSA) is 9.23 Å². The lowest BCUT2D eigenvalue weighted by atomic mass is 9.80. The number of hydrogen-bond acceptors (Lipinski definition) is 1. The van der Waals surface area contributed by atoms with Gasteiger partial charge >= 0.3 is 13.2 Å². The molecule has 0 saturated carbocycles. The molecule has 17 heavy (non-hydrogen) atoms. The Morgan fingerprint density at radius 2 is 1.71 bits per heavy atom. The van der Waals surface area contributed by atoms with Crippen molar-refractivity contribution in [3.05, 3.63) is 24.0 Å². The fourth-order valence-electron chi connectivity index (χ4n) is 1.03. The van der Waals surface area contributed by atoms with E-state index in [4.69, 9.17) is 0 Å². The van der Waals surface area contributed by atoms with E-state index in [0.29, 0.717) is 12.1 Å². The zero-order valence-corrected chi connectivity index (χ0v) is 8.07. The number of hydrogen-bond donors (Lipinski definition) is 0. The first-order chi connectivity index (χ1) is 7.59. The first kappa shape index (κ1) is 13.7. The molecular formula is C8H5BF7O-. The van der Waals surface area contributed by atoms with Gasteiger partial charge in [0.25, 0.3) is 0 Å². The van der Waals surface area contributed by atoms with Crippen molar-refractivity contribution in [2.24, 2.45) is 0 Å². The zero-order valence-electron chi connectivity index (χ0n) is 8.07. The lowest BCUT2D eigenvalue weighted by Gasteiger charge is -2.16. The predicted molar refractivity (Wildman–Crippen MR) is 46.7 cm³/mol. The van der Waals surface area contributed by atoms with Crippen molar-refractivity contribution in [2.45, 2.75) is 6.18 Å². The van der Waals surface area contributed by atoms with E-state index >= 15 is 0 Å². The van der Waals surface area contributed by atoms with E-state index in [1.165, 1.54) is 0 Å². The molecule has 0 amide bonds. The molecule has 0 fully saturated rings. The van der Waals surface area contributed by atoms with Gasteiger partial charge in [-0.15, -0.1) is 0 Å². The Balaban J connectivity index is 2.83. The van der Waals surface area contributed by atoms with Crippen molar-refractivity contribution in [3.63, 3.8) is 0 Å². The van der Waals surface area contributed by atoms with E-state index in [1.54, 1.807) is 0 Å². The molecule has 0 bridgehead atoms. The lowest BCUT2D eigenvalue weighted by molar-refractivity contribution is -0.153. The van der Waals surface area contributed by atoms with E-state index in [2.05, 4.69) is 4.74 Å². The molecule has 0 N–H and O–H groups in total. The summed E-state index contributed by atoms with van der Waals surface area (Å²) < 4.78 is 88.6. The van der Waals surface area contributed by atoms with Gasteiger partial charge in [-0.05, 0) is 6.07 Å². The van der Waals surface area contributed by atoms with Gasteiger partial charge in [0, 0.05) is 6.07 Å². The van der Waals surface area contributed by atoms with Crippen molar-refractivity contribution in [1.82, 2.24) is 0 Å². The minimum atomic E-state index is -5.53. The van der Waals surface area contributed by atoms with Crippen LogP contribution in [-0.2, 0) is 0 Å². The van der Waals surface area contributed by atoms with Crippen LogP contribution in [0, 0.1) is 5.82 Å².